The molecule has 9 heteroatoms. The Balaban J connectivity index is 1.79. The van der Waals surface area contributed by atoms with Crippen molar-refractivity contribution in [1.82, 2.24) is 19.7 Å². The molecule has 0 bridgehead atoms. The van der Waals surface area contributed by atoms with Gasteiger partial charge in [0.1, 0.15) is 12.7 Å². The number of nitrogens with one attached hydrogen (secondary N) is 1. The molecular formula is C20H20F3N5O. The summed E-state index contributed by atoms with van der Waals surface area (Å²) in [6.07, 6.45) is -1.92. The molecule has 0 radical (unpaired) electrons. The largest absolute Gasteiger partial charge is 0.416 e. The number of carbonyl (C=O) groups excluding carboxylic acids is 1. The fourth-order valence-corrected chi connectivity index (χ4v) is 2.88. The average Bonchev–Trinajstić information content (AvgIpc) is 3.21. The molecular weight excluding hydrogens is 383 g/mol. The van der Waals surface area contributed by atoms with Gasteiger partial charge < -0.3 is 5.32 Å². The lowest BCUT2D eigenvalue weighted by atomic mass is 10.1. The maximum Gasteiger partial charge on any atom is 0.416 e. The summed E-state index contributed by atoms with van der Waals surface area (Å²) in [5.41, 5.74) is 0.478. The molecule has 0 saturated heterocycles. The Morgan fingerprint density at radius 2 is 1.93 bits per heavy atom. The number of anilines is 1. The van der Waals surface area contributed by atoms with Gasteiger partial charge >= 0.3 is 6.18 Å². The smallest absolute Gasteiger partial charge is 0.323 e. The Bertz CT molecular complexity index is 958. The molecule has 0 unspecified atom stereocenters. The molecule has 1 heterocycles. The summed E-state index contributed by atoms with van der Waals surface area (Å²) >= 11 is 0. The molecule has 1 amide bonds. The van der Waals surface area contributed by atoms with Crippen molar-refractivity contribution in [2.24, 2.45) is 0 Å². The summed E-state index contributed by atoms with van der Waals surface area (Å²) in [6.45, 7) is 1.96. The van der Waals surface area contributed by atoms with Gasteiger partial charge in [-0.25, -0.2) is 9.67 Å². The van der Waals surface area contributed by atoms with E-state index in [9.17, 15) is 18.0 Å². The van der Waals surface area contributed by atoms with Crippen LogP contribution in [0.25, 0.3) is 5.69 Å². The standard InChI is InChI=1S/C20H20F3N5O/c1-14(15-6-4-3-5-7-15)27(2)11-19(29)26-17-10-16(20(21,22)23)8-9-18(17)28-13-24-12-25-28/h3-10,12-14H,11H2,1-2H3,(H,26,29)/t14-/m1/s1. The Morgan fingerprint density at radius 3 is 2.55 bits per heavy atom. The Kier molecular flexibility index (Phi) is 5.97. The van der Waals surface area contributed by atoms with Crippen molar-refractivity contribution in [3.63, 3.8) is 0 Å². The number of aromatic nitrogens is 3. The predicted molar refractivity (Wildman–Crippen MR) is 102 cm³/mol. The number of hydrogen-bond donors (Lipinski definition) is 1. The van der Waals surface area contributed by atoms with Crippen molar-refractivity contribution in [2.75, 3.05) is 18.9 Å². The van der Waals surface area contributed by atoms with Crippen LogP contribution in [0.15, 0.2) is 61.2 Å². The van der Waals surface area contributed by atoms with E-state index in [0.29, 0.717) is 5.69 Å². The van der Waals surface area contributed by atoms with Crippen LogP contribution in [0.1, 0.15) is 24.1 Å². The molecule has 29 heavy (non-hydrogen) atoms. The Hall–Kier alpha value is -3.20. The monoisotopic (exact) mass is 403 g/mol. The molecule has 1 aromatic heterocycles. The van der Waals surface area contributed by atoms with Crippen molar-refractivity contribution in [3.8, 4) is 5.69 Å². The van der Waals surface area contributed by atoms with E-state index >= 15 is 0 Å². The fourth-order valence-electron chi connectivity index (χ4n) is 2.88. The molecule has 0 aliphatic heterocycles. The van der Waals surface area contributed by atoms with E-state index in [0.717, 1.165) is 17.7 Å². The summed E-state index contributed by atoms with van der Waals surface area (Å²) in [4.78, 5) is 18.2. The van der Waals surface area contributed by atoms with Gasteiger partial charge in [-0.2, -0.15) is 18.3 Å². The van der Waals surface area contributed by atoms with E-state index < -0.39 is 17.6 Å². The molecule has 0 saturated carbocycles. The van der Waals surface area contributed by atoms with Gasteiger partial charge in [0.05, 0.1) is 23.5 Å². The lowest BCUT2D eigenvalue weighted by Crippen LogP contribution is -2.32. The van der Waals surface area contributed by atoms with Gasteiger partial charge in [0, 0.05) is 6.04 Å². The minimum absolute atomic E-state index is 0.00308. The first-order valence-electron chi connectivity index (χ1n) is 8.87. The second-order valence-corrected chi connectivity index (χ2v) is 6.62. The fraction of sp³-hybridized carbons (Fsp3) is 0.250. The SMILES string of the molecule is C[C@H](c1ccccc1)N(C)CC(=O)Nc1cc(C(F)(F)F)ccc1-n1cncn1. The zero-order valence-corrected chi connectivity index (χ0v) is 15.9. The molecule has 3 aromatic rings. The van der Waals surface area contributed by atoms with Crippen molar-refractivity contribution in [1.29, 1.82) is 0 Å². The molecule has 3 rings (SSSR count). The van der Waals surface area contributed by atoms with Crippen molar-refractivity contribution in [3.05, 3.63) is 72.3 Å². The van der Waals surface area contributed by atoms with E-state index in [2.05, 4.69) is 15.4 Å². The molecule has 152 valence electrons. The van der Waals surface area contributed by atoms with Crippen molar-refractivity contribution >= 4 is 11.6 Å². The molecule has 1 atom stereocenters. The third-order valence-corrected chi connectivity index (χ3v) is 4.60. The summed E-state index contributed by atoms with van der Waals surface area (Å²) in [6, 6.07) is 12.7. The topological polar surface area (TPSA) is 63.1 Å². The zero-order chi connectivity index (χ0) is 21.0. The van der Waals surface area contributed by atoms with Crippen LogP contribution < -0.4 is 5.32 Å². The first-order valence-corrected chi connectivity index (χ1v) is 8.87. The van der Waals surface area contributed by atoms with Crippen LogP contribution in [0, 0.1) is 0 Å². The number of hydrogen-bond acceptors (Lipinski definition) is 4. The lowest BCUT2D eigenvalue weighted by molar-refractivity contribution is -0.137. The highest BCUT2D eigenvalue weighted by molar-refractivity contribution is 5.94. The first-order chi connectivity index (χ1) is 13.8. The molecule has 0 fully saturated rings. The van der Waals surface area contributed by atoms with Crippen molar-refractivity contribution < 1.29 is 18.0 Å². The number of halogens is 3. The van der Waals surface area contributed by atoms with Crippen LogP contribution in [0.5, 0.6) is 0 Å². The van der Waals surface area contributed by atoms with Crippen LogP contribution in [-0.4, -0.2) is 39.2 Å². The number of amides is 1. The Labute approximate surface area is 166 Å². The van der Waals surface area contributed by atoms with Gasteiger partial charge in [-0.3, -0.25) is 9.69 Å². The van der Waals surface area contributed by atoms with Crippen LogP contribution in [0.3, 0.4) is 0 Å². The van der Waals surface area contributed by atoms with Crippen LogP contribution >= 0.6 is 0 Å². The van der Waals surface area contributed by atoms with Gasteiger partial charge in [-0.15, -0.1) is 0 Å². The summed E-state index contributed by atoms with van der Waals surface area (Å²) in [5, 5.41) is 6.52. The molecule has 6 nitrogen and oxygen atoms in total. The Morgan fingerprint density at radius 1 is 1.21 bits per heavy atom. The highest BCUT2D eigenvalue weighted by Gasteiger charge is 2.31. The lowest BCUT2D eigenvalue weighted by Gasteiger charge is -2.24. The molecule has 2 aromatic carbocycles. The van der Waals surface area contributed by atoms with E-state index in [1.54, 1.807) is 7.05 Å². The maximum absolute atomic E-state index is 13.1. The number of nitrogens with zero attached hydrogens (tertiary/aromatic N) is 4. The first kappa shape index (κ1) is 20.5. The van der Waals surface area contributed by atoms with Crippen molar-refractivity contribution in [2.45, 2.75) is 19.1 Å². The number of benzene rings is 2. The maximum atomic E-state index is 13.1. The number of likely N-dealkylation sites (N-methyl/N-ethyl adjacent to an activating group) is 1. The minimum Gasteiger partial charge on any atom is -0.323 e. The van der Waals surface area contributed by atoms with Gasteiger partial charge in [-0.05, 0) is 37.7 Å². The second kappa shape index (κ2) is 8.44. The minimum atomic E-state index is -4.53. The number of rotatable bonds is 6. The van der Waals surface area contributed by atoms with Crippen LogP contribution in [-0.2, 0) is 11.0 Å². The van der Waals surface area contributed by atoms with E-state index in [1.165, 1.54) is 23.4 Å². The highest BCUT2D eigenvalue weighted by Crippen LogP contribution is 2.33. The quantitative estimate of drug-likeness (QED) is 0.678. The van der Waals surface area contributed by atoms with Gasteiger partial charge in [0.2, 0.25) is 5.91 Å². The summed E-state index contributed by atoms with van der Waals surface area (Å²) in [5.74, 6) is -0.434. The van der Waals surface area contributed by atoms with Crippen LogP contribution in [0.4, 0.5) is 18.9 Å². The molecule has 0 aliphatic rings. The zero-order valence-electron chi connectivity index (χ0n) is 15.9. The number of carbonyl (C=O) groups is 1. The number of alkyl halides is 3. The van der Waals surface area contributed by atoms with Gasteiger partial charge in [0.15, 0.2) is 0 Å². The van der Waals surface area contributed by atoms with Crippen LogP contribution in [0.2, 0.25) is 0 Å². The van der Waals surface area contributed by atoms with E-state index in [-0.39, 0.29) is 18.3 Å². The van der Waals surface area contributed by atoms with Gasteiger partial charge in [0.25, 0.3) is 0 Å². The summed E-state index contributed by atoms with van der Waals surface area (Å²) < 4.78 is 40.7. The van der Waals surface area contributed by atoms with Gasteiger partial charge in [-0.1, -0.05) is 30.3 Å². The highest BCUT2D eigenvalue weighted by atomic mass is 19.4. The van der Waals surface area contributed by atoms with E-state index in [1.807, 2.05) is 42.2 Å². The predicted octanol–water partition coefficient (Wildman–Crippen LogP) is 3.92. The normalized spacial score (nSPS) is 12.8. The average molecular weight is 403 g/mol. The molecule has 1 N–H and O–H groups in total. The molecule has 0 spiro atoms. The van der Waals surface area contributed by atoms with E-state index in [4.69, 9.17) is 0 Å². The molecule has 0 aliphatic carbocycles. The third-order valence-electron chi connectivity index (χ3n) is 4.60. The summed E-state index contributed by atoms with van der Waals surface area (Å²) in [7, 11) is 1.78. The second-order valence-electron chi connectivity index (χ2n) is 6.62. The third kappa shape index (κ3) is 5.00.